The van der Waals surface area contributed by atoms with E-state index < -0.39 is 0 Å². The lowest BCUT2D eigenvalue weighted by Gasteiger charge is -2.43. The van der Waals surface area contributed by atoms with Crippen LogP contribution in [0.4, 0.5) is 5.69 Å². The van der Waals surface area contributed by atoms with Crippen molar-refractivity contribution in [2.45, 2.75) is 50.7 Å². The van der Waals surface area contributed by atoms with Crippen molar-refractivity contribution in [1.29, 1.82) is 0 Å². The van der Waals surface area contributed by atoms with E-state index in [1.807, 2.05) is 6.20 Å². The Morgan fingerprint density at radius 3 is 2.60 bits per heavy atom. The number of methoxy groups -OCH3 is 1. The van der Waals surface area contributed by atoms with E-state index in [0.717, 1.165) is 69.1 Å². The maximum Gasteiger partial charge on any atom is 0.163 e. The molecule has 0 N–H and O–H groups in total. The van der Waals surface area contributed by atoms with E-state index in [1.165, 1.54) is 24.1 Å². The molecule has 0 bridgehead atoms. The zero-order valence-electron chi connectivity index (χ0n) is 20.7. The molecule has 1 saturated carbocycles. The average Bonchev–Trinajstić information content (AvgIpc) is 3.42. The van der Waals surface area contributed by atoms with Crippen LogP contribution >= 0.6 is 0 Å². The standard InChI is InChI=1S/C29H36N4O2/c1-34-28-12-11-25(20-29(28)35-27-9-5-6-10-27)33-18-17-32(16-13-24-21-30-14-15-31-24)26(22-33)19-23-7-3-2-4-8-23/h2-4,7-8,11-12,14-15,20-21,26-27H,5-6,9-10,13,16-19,22H2,1H3. The largest absolute Gasteiger partial charge is 0.493 e. The number of hydrogen-bond acceptors (Lipinski definition) is 6. The first-order valence-corrected chi connectivity index (χ1v) is 12.9. The summed E-state index contributed by atoms with van der Waals surface area (Å²) in [5.41, 5.74) is 3.64. The second-order valence-corrected chi connectivity index (χ2v) is 9.63. The third-order valence-corrected chi connectivity index (χ3v) is 7.30. The Balaban J connectivity index is 1.32. The first kappa shape index (κ1) is 23.6. The van der Waals surface area contributed by atoms with Gasteiger partial charge in [0.1, 0.15) is 0 Å². The zero-order valence-corrected chi connectivity index (χ0v) is 20.7. The van der Waals surface area contributed by atoms with Crippen LogP contribution in [-0.2, 0) is 12.8 Å². The highest BCUT2D eigenvalue weighted by atomic mass is 16.5. The molecule has 0 amide bonds. The molecule has 1 unspecified atom stereocenters. The Morgan fingerprint density at radius 2 is 1.83 bits per heavy atom. The van der Waals surface area contributed by atoms with Crippen LogP contribution in [0.2, 0.25) is 0 Å². The number of piperazine rings is 1. The van der Waals surface area contributed by atoms with Gasteiger partial charge < -0.3 is 14.4 Å². The van der Waals surface area contributed by atoms with Gasteiger partial charge >= 0.3 is 0 Å². The van der Waals surface area contributed by atoms with Gasteiger partial charge in [-0.3, -0.25) is 14.9 Å². The summed E-state index contributed by atoms with van der Waals surface area (Å²) in [7, 11) is 1.72. The van der Waals surface area contributed by atoms with Gasteiger partial charge in [-0.15, -0.1) is 0 Å². The Morgan fingerprint density at radius 1 is 0.971 bits per heavy atom. The van der Waals surface area contributed by atoms with Crippen molar-refractivity contribution in [2.75, 3.05) is 38.2 Å². The van der Waals surface area contributed by atoms with Crippen molar-refractivity contribution < 1.29 is 9.47 Å². The topological polar surface area (TPSA) is 50.7 Å². The van der Waals surface area contributed by atoms with Gasteiger partial charge in [-0.2, -0.15) is 0 Å². The van der Waals surface area contributed by atoms with E-state index in [-0.39, 0.29) is 0 Å². The molecule has 2 aromatic carbocycles. The molecule has 1 aliphatic heterocycles. The van der Waals surface area contributed by atoms with Crippen LogP contribution in [0.5, 0.6) is 11.5 Å². The van der Waals surface area contributed by atoms with Crippen molar-refractivity contribution in [3.8, 4) is 11.5 Å². The van der Waals surface area contributed by atoms with Gasteiger partial charge in [-0.25, -0.2) is 0 Å². The van der Waals surface area contributed by atoms with E-state index in [0.29, 0.717) is 12.1 Å². The number of ether oxygens (including phenoxy) is 2. The summed E-state index contributed by atoms with van der Waals surface area (Å²) in [5, 5.41) is 0. The fourth-order valence-corrected chi connectivity index (χ4v) is 5.36. The van der Waals surface area contributed by atoms with Crippen molar-refractivity contribution in [2.24, 2.45) is 0 Å². The van der Waals surface area contributed by atoms with Gasteiger partial charge in [0.2, 0.25) is 0 Å². The molecule has 6 heteroatoms. The molecule has 2 fully saturated rings. The summed E-state index contributed by atoms with van der Waals surface area (Å²) in [6, 6.07) is 17.7. The molecule has 2 aliphatic rings. The number of nitrogens with zero attached hydrogens (tertiary/aromatic N) is 4. The van der Waals surface area contributed by atoms with Crippen LogP contribution in [0.3, 0.4) is 0 Å². The van der Waals surface area contributed by atoms with E-state index in [9.17, 15) is 0 Å². The minimum Gasteiger partial charge on any atom is -0.493 e. The predicted molar refractivity (Wildman–Crippen MR) is 139 cm³/mol. The van der Waals surface area contributed by atoms with Crippen LogP contribution < -0.4 is 14.4 Å². The van der Waals surface area contributed by atoms with Gasteiger partial charge in [0.15, 0.2) is 11.5 Å². The summed E-state index contributed by atoms with van der Waals surface area (Å²) >= 11 is 0. The second-order valence-electron chi connectivity index (χ2n) is 9.63. The quantitative estimate of drug-likeness (QED) is 0.447. The molecule has 1 atom stereocenters. The lowest BCUT2D eigenvalue weighted by molar-refractivity contribution is 0.176. The van der Waals surface area contributed by atoms with Gasteiger partial charge in [0, 0.05) is 69.0 Å². The molecule has 35 heavy (non-hydrogen) atoms. The van der Waals surface area contributed by atoms with Crippen molar-refractivity contribution in [3.05, 3.63) is 78.4 Å². The van der Waals surface area contributed by atoms with Gasteiger partial charge in [0.05, 0.1) is 18.9 Å². The average molecular weight is 473 g/mol. The molecule has 1 aliphatic carbocycles. The number of anilines is 1. The Hall–Kier alpha value is -3.12. The first-order valence-electron chi connectivity index (χ1n) is 12.9. The van der Waals surface area contributed by atoms with Crippen LogP contribution in [0.15, 0.2) is 67.1 Å². The van der Waals surface area contributed by atoms with Crippen LogP contribution in [0, 0.1) is 0 Å². The number of rotatable bonds is 9. The summed E-state index contributed by atoms with van der Waals surface area (Å²) in [6.45, 7) is 3.97. The molecule has 1 aromatic heterocycles. The van der Waals surface area contributed by atoms with Gasteiger partial charge in [-0.1, -0.05) is 30.3 Å². The molecule has 0 radical (unpaired) electrons. The summed E-state index contributed by atoms with van der Waals surface area (Å²) < 4.78 is 12.0. The number of hydrogen-bond donors (Lipinski definition) is 0. The summed E-state index contributed by atoms with van der Waals surface area (Å²) in [6.07, 6.45) is 12.4. The summed E-state index contributed by atoms with van der Waals surface area (Å²) in [5.74, 6) is 1.70. The van der Waals surface area contributed by atoms with Crippen LogP contribution in [-0.4, -0.2) is 60.3 Å². The Bertz CT molecular complexity index is 1060. The lowest BCUT2D eigenvalue weighted by atomic mass is 10.0. The van der Waals surface area contributed by atoms with Gasteiger partial charge in [-0.05, 0) is 49.8 Å². The summed E-state index contributed by atoms with van der Waals surface area (Å²) in [4.78, 5) is 13.8. The van der Waals surface area contributed by atoms with Crippen molar-refractivity contribution in [3.63, 3.8) is 0 Å². The Kier molecular flexibility index (Phi) is 7.79. The molecular formula is C29H36N4O2. The van der Waals surface area contributed by atoms with E-state index >= 15 is 0 Å². The molecule has 1 saturated heterocycles. The fraction of sp³-hybridized carbons (Fsp3) is 0.448. The fourth-order valence-electron chi connectivity index (χ4n) is 5.36. The van der Waals surface area contributed by atoms with Crippen LogP contribution in [0.1, 0.15) is 36.9 Å². The molecule has 5 rings (SSSR count). The third-order valence-electron chi connectivity index (χ3n) is 7.30. The molecule has 2 heterocycles. The molecule has 6 nitrogen and oxygen atoms in total. The van der Waals surface area contributed by atoms with E-state index in [2.05, 4.69) is 68.3 Å². The maximum absolute atomic E-state index is 6.39. The Labute approximate surface area is 208 Å². The molecule has 3 aromatic rings. The van der Waals surface area contributed by atoms with E-state index in [1.54, 1.807) is 19.5 Å². The van der Waals surface area contributed by atoms with E-state index in [4.69, 9.17) is 9.47 Å². The predicted octanol–water partition coefficient (Wildman–Crippen LogP) is 4.78. The number of aromatic nitrogens is 2. The normalized spacial score (nSPS) is 19.1. The highest BCUT2D eigenvalue weighted by molar-refractivity contribution is 5.57. The smallest absolute Gasteiger partial charge is 0.163 e. The SMILES string of the molecule is COc1ccc(N2CCN(CCc3cnccn3)C(Cc3ccccc3)C2)cc1OC1CCCC1. The minimum atomic E-state index is 0.308. The lowest BCUT2D eigenvalue weighted by Crippen LogP contribution is -2.54. The number of benzene rings is 2. The minimum absolute atomic E-state index is 0.308. The highest BCUT2D eigenvalue weighted by Crippen LogP contribution is 2.35. The molecular weight excluding hydrogens is 436 g/mol. The molecule has 184 valence electrons. The maximum atomic E-state index is 6.39. The first-order chi connectivity index (χ1) is 17.3. The highest BCUT2D eigenvalue weighted by Gasteiger charge is 2.28. The zero-order chi connectivity index (χ0) is 23.9. The molecule has 0 spiro atoms. The second kappa shape index (κ2) is 11.5. The van der Waals surface area contributed by atoms with Gasteiger partial charge in [0.25, 0.3) is 0 Å². The van der Waals surface area contributed by atoms with Crippen molar-refractivity contribution >= 4 is 5.69 Å². The monoisotopic (exact) mass is 472 g/mol. The third kappa shape index (κ3) is 6.12. The van der Waals surface area contributed by atoms with Crippen molar-refractivity contribution in [1.82, 2.24) is 14.9 Å². The van der Waals surface area contributed by atoms with Crippen LogP contribution in [0.25, 0.3) is 0 Å².